The Kier molecular flexibility index (Phi) is 27.2. The average Bonchev–Trinajstić information content (AvgIpc) is 1.62. The van der Waals surface area contributed by atoms with Crippen molar-refractivity contribution >= 4 is 87.0 Å². The number of rotatable bonds is 20. The minimum absolute atomic E-state index is 0.00148. The van der Waals surface area contributed by atoms with Crippen LogP contribution in [-0.2, 0) is 132 Å². The zero-order valence-electron chi connectivity index (χ0n) is 70.1. The second-order valence-electron chi connectivity index (χ2n) is 32.1. The van der Waals surface area contributed by atoms with E-state index in [1.54, 1.807) is 14.2 Å². The van der Waals surface area contributed by atoms with E-state index in [2.05, 4.69) is 57.8 Å². The molecule has 0 saturated heterocycles. The van der Waals surface area contributed by atoms with Crippen molar-refractivity contribution in [3.63, 3.8) is 0 Å². The molecule has 123 heavy (non-hydrogen) atoms. The van der Waals surface area contributed by atoms with Crippen LogP contribution in [0.25, 0.3) is 0 Å². The molecule has 0 spiro atoms. The van der Waals surface area contributed by atoms with Gasteiger partial charge in [0, 0.05) is 44.1 Å². The van der Waals surface area contributed by atoms with E-state index in [4.69, 9.17) is 33.2 Å². The number of carbonyl (C=O) groups is 4. The summed E-state index contributed by atoms with van der Waals surface area (Å²) >= 11 is 0. The van der Waals surface area contributed by atoms with E-state index in [9.17, 15) is 66.0 Å². The van der Waals surface area contributed by atoms with E-state index in [0.29, 0.717) is 102 Å². The summed E-state index contributed by atoms with van der Waals surface area (Å²) in [6.07, 6.45) is 14.0. The first kappa shape index (κ1) is 90.2. The molecule has 4 aliphatic carbocycles. The maximum atomic E-state index is 14.8. The molecule has 8 amide bonds. The van der Waals surface area contributed by atoms with Crippen molar-refractivity contribution in [1.82, 2.24) is 63.3 Å². The van der Waals surface area contributed by atoms with Crippen LogP contribution in [0.3, 0.4) is 0 Å². The van der Waals surface area contributed by atoms with Crippen LogP contribution in [-0.4, -0.2) is 176 Å². The Morgan fingerprint density at radius 3 is 0.951 bits per heavy atom. The van der Waals surface area contributed by atoms with Crippen molar-refractivity contribution in [2.24, 2.45) is 0 Å². The molecule has 9 N–H and O–H groups in total. The van der Waals surface area contributed by atoms with Crippen molar-refractivity contribution in [1.29, 1.82) is 0 Å². The topological polar surface area (TPSA) is 449 Å². The summed E-state index contributed by atoms with van der Waals surface area (Å²) in [7, 11) is -10.5. The van der Waals surface area contributed by atoms with Crippen LogP contribution in [0.15, 0.2) is 74.7 Å². The van der Waals surface area contributed by atoms with Gasteiger partial charge in [-0.1, -0.05) is 61.5 Å². The fraction of sp³-hybridized carbons (Fsp3) is 0.500. The predicted molar refractivity (Wildman–Crippen MR) is 444 cm³/mol. The van der Waals surface area contributed by atoms with Crippen LogP contribution < -0.4 is 64.4 Å². The van der Waals surface area contributed by atoms with Gasteiger partial charge in [-0.2, -0.15) is 20.4 Å². The Labute approximate surface area is 710 Å². The van der Waals surface area contributed by atoms with Crippen molar-refractivity contribution in [2.45, 2.75) is 226 Å². The van der Waals surface area contributed by atoms with Gasteiger partial charge in [0.2, 0.25) is 23.5 Å². The number of ether oxygens (including phenoxy) is 7. The first-order valence-electron chi connectivity index (χ1n) is 40.4. The molecule has 36 nitrogen and oxygen atoms in total. The van der Waals surface area contributed by atoms with Crippen LogP contribution in [0.1, 0.15) is 172 Å². The molecule has 8 aromatic rings. The predicted octanol–water partition coefficient (Wildman–Crippen LogP) is 9.64. The number of aryl methyl sites for hydroxylation is 2. The fourth-order valence-electron chi connectivity index (χ4n) is 16.2. The van der Waals surface area contributed by atoms with Gasteiger partial charge in [-0.3, -0.25) is 0 Å². The highest BCUT2D eigenvalue weighted by Gasteiger charge is 2.39. The molecule has 0 radical (unpaired) electrons. The summed E-state index contributed by atoms with van der Waals surface area (Å²) in [6.45, 7) is 17.3. The van der Waals surface area contributed by atoms with Crippen molar-refractivity contribution in [3.8, 4) is 23.5 Å². The highest BCUT2D eigenvalue weighted by Crippen LogP contribution is 2.44. The lowest BCUT2D eigenvalue weighted by Crippen LogP contribution is -2.40. The quantitative estimate of drug-likeness (QED) is 0.0342. The Balaban J connectivity index is 0.000000141. The number of likely N-dealkylation sites (N-methyl/N-ethyl adjacent to an activating group) is 1. The van der Waals surface area contributed by atoms with Crippen LogP contribution in [0.2, 0.25) is 0 Å². The number of amides is 8. The number of carbonyl (C=O) groups excluding carboxylic acids is 4. The molecule has 0 bridgehead atoms. The number of urea groups is 4. The standard InChI is InChI=1S/C20H28FN5O4S.C20H23FN4O5S.C20H27FN4O5S.C20H24N4O5S/c1-11(2)15-6-13(21)7-16(12(3)4)18(15)24-20(27)25-31(28,29)17-8-23-26-9-14(22-5)10-30-19(17)26;1-29-11-9-25-19(30-10-11)16(8-22-25)31(27,28)24-20(26)23-18-14-6-2-4-12(14)17(21)13-5-3-7-15(13)18;1-11(2)15-6-13(21)7-16(12(3)4)18(15)23-20(26)24-31(27,28)17-8-22-25-9-14(29-5)10-30-19(17)25;1-28-14-10-24-19(29-11-14)17(9-21-24)30(26,27)23-20(25)22-18-15-6-2-4-12(15)8-13-5-3-7-16(13)18/h6-8,11-12,14,22H,9-10H2,1-5H3,(H2,24,25,27);8,11H,2-7,9-10H2,1H3,(H2,23,24,26);6-8,11-12,14H,9-10H2,1-5H3,(H2,23,24,26);8-9,14H,2-7,10-11H2,1H3,(H2,22,23,25)/t14-;11-;2*14-/m1111/s1. The number of anilines is 4. The number of sulfonamides is 4. The second-order valence-corrected chi connectivity index (χ2v) is 38.7. The van der Waals surface area contributed by atoms with Crippen molar-refractivity contribution in [2.75, 3.05) is 76.1 Å². The van der Waals surface area contributed by atoms with E-state index < -0.39 is 75.9 Å². The maximum absolute atomic E-state index is 14.8. The highest BCUT2D eigenvalue weighted by molar-refractivity contribution is 7.91. The van der Waals surface area contributed by atoms with Crippen molar-refractivity contribution < 1.29 is 99.2 Å². The molecule has 4 aliphatic heterocycles. The third-order valence-corrected chi connectivity index (χ3v) is 27.7. The number of benzene rings is 4. The lowest BCUT2D eigenvalue weighted by Gasteiger charge is -2.24. The van der Waals surface area contributed by atoms with Gasteiger partial charge < -0.3 is 59.7 Å². The monoisotopic (exact) mass is 1790 g/mol. The number of fused-ring (bicyclic) bond motifs is 8. The molecule has 0 unspecified atom stereocenters. The van der Waals surface area contributed by atoms with Gasteiger partial charge in [-0.25, -0.2) is 104 Å². The lowest BCUT2D eigenvalue weighted by atomic mass is 9.92. The molecule has 0 fully saturated rings. The smallest absolute Gasteiger partial charge is 0.333 e. The fourth-order valence-corrected chi connectivity index (χ4v) is 20.2. The molecule has 666 valence electrons. The summed E-state index contributed by atoms with van der Waals surface area (Å²) in [5.41, 5.74) is 12.1. The number of aromatic nitrogens is 8. The lowest BCUT2D eigenvalue weighted by molar-refractivity contribution is 0.0165. The number of methoxy groups -OCH3 is 3. The normalized spacial score (nSPS) is 17.8. The molecule has 8 heterocycles. The van der Waals surface area contributed by atoms with Crippen LogP contribution in [0, 0.1) is 17.5 Å². The van der Waals surface area contributed by atoms with Crippen LogP contribution in [0.5, 0.6) is 23.5 Å². The summed E-state index contributed by atoms with van der Waals surface area (Å²) in [6, 6.07) is 4.08. The molecule has 0 saturated carbocycles. The summed E-state index contributed by atoms with van der Waals surface area (Å²) < 4.78 is 197. The Hall–Kier alpha value is -10.6. The maximum Gasteiger partial charge on any atom is 0.333 e. The van der Waals surface area contributed by atoms with E-state index in [1.165, 1.54) is 74.5 Å². The van der Waals surface area contributed by atoms with Crippen molar-refractivity contribution in [3.05, 3.63) is 139 Å². The van der Waals surface area contributed by atoms with Crippen LogP contribution >= 0.6 is 0 Å². The number of nitrogens with one attached hydrogen (secondary N) is 9. The molecule has 16 rings (SSSR count). The van der Waals surface area contributed by atoms with E-state index >= 15 is 0 Å². The first-order chi connectivity index (χ1) is 58.4. The second kappa shape index (κ2) is 37.1. The number of halogens is 3. The molecule has 4 aromatic carbocycles. The van der Waals surface area contributed by atoms with Gasteiger partial charge >= 0.3 is 24.1 Å². The first-order valence-corrected chi connectivity index (χ1v) is 46.4. The average molecular weight is 1790 g/mol. The van der Waals surface area contributed by atoms with Crippen LogP contribution in [0.4, 0.5) is 55.1 Å². The van der Waals surface area contributed by atoms with E-state index in [-0.39, 0.29) is 123 Å². The van der Waals surface area contributed by atoms with E-state index in [0.717, 1.165) is 97.9 Å². The summed E-state index contributed by atoms with van der Waals surface area (Å²) in [5, 5.41) is 30.0. The van der Waals surface area contributed by atoms with E-state index in [1.807, 2.05) is 69.6 Å². The zero-order chi connectivity index (χ0) is 88.5. The highest BCUT2D eigenvalue weighted by atomic mass is 32.2. The van der Waals surface area contributed by atoms with Gasteiger partial charge in [0.25, 0.3) is 40.1 Å². The molecule has 8 aliphatic rings. The Bertz CT molecular complexity index is 5580. The van der Waals surface area contributed by atoms with Gasteiger partial charge in [0.1, 0.15) is 62.2 Å². The van der Waals surface area contributed by atoms with Gasteiger partial charge in [0.05, 0.1) is 57.0 Å². The molecular formula is C80H102F3N17O19S4. The Morgan fingerprint density at radius 1 is 0.382 bits per heavy atom. The zero-order valence-corrected chi connectivity index (χ0v) is 73.3. The van der Waals surface area contributed by atoms with Gasteiger partial charge in [0.15, 0.2) is 19.6 Å². The Morgan fingerprint density at radius 2 is 0.650 bits per heavy atom. The number of nitrogens with zero attached hydrogens (tertiary/aromatic N) is 8. The molecule has 4 atom stereocenters. The minimum atomic E-state index is -4.26. The summed E-state index contributed by atoms with van der Waals surface area (Å²) in [4.78, 5) is 49.8. The third kappa shape index (κ3) is 19.5. The molecule has 4 aromatic heterocycles. The SMILES string of the molecule is CN[C@H]1COc2c(S(=O)(=O)NC(=O)Nc3c(C(C)C)cc(F)cc3C(C)C)cnn2C1.CO[C@H]1COc2c(S(=O)(=O)NC(=O)Nc3c(C(C)C)cc(F)cc3C(C)C)cnn2C1.CO[C@H]1COc2c(S(=O)(=O)NC(=O)Nc3c4c(c(F)c5c3CCC5)CCC4)cnn2C1.CO[C@H]1COc2c(S(=O)(=O)NC(=O)Nc3c4c(cc5c3CCC5)CCC4)cnn2C1. The molecular weight excluding hydrogens is 1690 g/mol. The third-order valence-electron chi connectivity index (χ3n) is 22.5. The largest absolute Gasteiger partial charge is 0.475 e. The van der Waals surface area contributed by atoms with Gasteiger partial charge in [-0.05, 0) is 199 Å². The molecule has 43 heteroatoms. The number of hydrogen-bond acceptors (Lipinski definition) is 24. The number of hydrogen-bond donors (Lipinski definition) is 9. The summed E-state index contributed by atoms with van der Waals surface area (Å²) in [5.74, 6) is -1.03. The van der Waals surface area contributed by atoms with Gasteiger partial charge in [-0.15, -0.1) is 0 Å². The minimum Gasteiger partial charge on any atom is -0.475 e.